The summed E-state index contributed by atoms with van der Waals surface area (Å²) in [7, 11) is 0. The maximum absolute atomic E-state index is 6.11. The predicted molar refractivity (Wildman–Crippen MR) is 79.9 cm³/mol. The first-order valence-electron chi connectivity index (χ1n) is 6.42. The van der Waals surface area contributed by atoms with E-state index in [2.05, 4.69) is 6.92 Å². The molecule has 0 fully saturated rings. The summed E-state index contributed by atoms with van der Waals surface area (Å²) in [4.78, 5) is 0. The number of para-hydroxylation sites is 1. The average Bonchev–Trinajstić information content (AvgIpc) is 2.41. The highest BCUT2D eigenvalue weighted by molar-refractivity contribution is 6.31. The summed E-state index contributed by atoms with van der Waals surface area (Å²) < 4.78 is 5.93. The highest BCUT2D eigenvalue weighted by Crippen LogP contribution is 2.30. The number of halogens is 1. The molecule has 2 rings (SSSR count). The van der Waals surface area contributed by atoms with E-state index in [0.29, 0.717) is 0 Å². The van der Waals surface area contributed by atoms with Crippen molar-refractivity contribution in [2.75, 3.05) is 0 Å². The minimum absolute atomic E-state index is 0.0610. The van der Waals surface area contributed by atoms with Crippen LogP contribution in [0.1, 0.15) is 31.0 Å². The fourth-order valence-corrected chi connectivity index (χ4v) is 2.21. The third-order valence-electron chi connectivity index (χ3n) is 3.04. The van der Waals surface area contributed by atoms with Gasteiger partial charge < -0.3 is 10.5 Å². The van der Waals surface area contributed by atoms with Crippen molar-refractivity contribution in [3.8, 4) is 11.5 Å². The summed E-state index contributed by atoms with van der Waals surface area (Å²) in [5, 5.41) is 0.773. The molecule has 0 aliphatic rings. The Balaban J connectivity index is 2.31. The van der Waals surface area contributed by atoms with Crippen molar-refractivity contribution in [2.45, 2.75) is 26.3 Å². The number of ether oxygens (including phenoxy) is 1. The number of hydrogen-bond donors (Lipinski definition) is 1. The zero-order chi connectivity index (χ0) is 13.8. The van der Waals surface area contributed by atoms with Gasteiger partial charge in [-0.1, -0.05) is 36.7 Å². The Kier molecular flexibility index (Phi) is 4.46. The molecule has 2 aromatic carbocycles. The van der Waals surface area contributed by atoms with Crippen molar-refractivity contribution in [1.29, 1.82) is 0 Å². The van der Waals surface area contributed by atoms with Crippen LogP contribution in [0.4, 0.5) is 0 Å². The zero-order valence-corrected chi connectivity index (χ0v) is 11.9. The number of aryl methyl sites for hydroxylation is 1. The Labute approximate surface area is 119 Å². The van der Waals surface area contributed by atoms with Crippen LogP contribution in [0.5, 0.6) is 11.5 Å². The Bertz CT molecular complexity index is 566. The van der Waals surface area contributed by atoms with E-state index in [-0.39, 0.29) is 6.04 Å². The van der Waals surface area contributed by atoms with Crippen LogP contribution in [0.25, 0.3) is 0 Å². The molecule has 0 radical (unpaired) electrons. The van der Waals surface area contributed by atoms with Gasteiger partial charge in [0.05, 0.1) is 0 Å². The van der Waals surface area contributed by atoms with Crippen molar-refractivity contribution < 1.29 is 4.74 Å². The number of benzene rings is 2. The molecule has 0 bridgehead atoms. The maximum atomic E-state index is 6.11. The molecule has 2 aromatic rings. The molecule has 0 saturated heterocycles. The Morgan fingerprint density at radius 3 is 2.63 bits per heavy atom. The fourth-order valence-electron chi connectivity index (χ4n) is 1.96. The molecule has 2 nitrogen and oxygen atoms in total. The fraction of sp³-hybridized carbons (Fsp3) is 0.250. The third kappa shape index (κ3) is 3.28. The van der Waals surface area contributed by atoms with Gasteiger partial charge in [0, 0.05) is 16.6 Å². The van der Waals surface area contributed by atoms with Gasteiger partial charge in [-0.3, -0.25) is 0 Å². The average molecular weight is 276 g/mol. The smallest absolute Gasteiger partial charge is 0.132 e. The Hall–Kier alpha value is -1.51. The molecule has 0 aliphatic heterocycles. The molecule has 100 valence electrons. The van der Waals surface area contributed by atoms with E-state index in [4.69, 9.17) is 22.1 Å². The van der Waals surface area contributed by atoms with Crippen LogP contribution in [0.15, 0.2) is 42.5 Å². The predicted octanol–water partition coefficient (Wildman–Crippen LogP) is 4.71. The first kappa shape index (κ1) is 13.9. The van der Waals surface area contributed by atoms with E-state index in [1.54, 1.807) is 0 Å². The monoisotopic (exact) mass is 275 g/mol. The summed E-state index contributed by atoms with van der Waals surface area (Å²) in [5.74, 6) is 1.58. The van der Waals surface area contributed by atoms with Gasteiger partial charge in [-0.05, 0) is 43.2 Å². The highest BCUT2D eigenvalue weighted by atomic mass is 35.5. The molecule has 0 heterocycles. The SMILES string of the molecule is CCc1cc(Oc2ccccc2[C@@H](C)N)ccc1Cl. The molecule has 0 aliphatic carbocycles. The Morgan fingerprint density at radius 1 is 1.21 bits per heavy atom. The van der Waals surface area contributed by atoms with E-state index in [1.165, 1.54) is 0 Å². The second-order valence-electron chi connectivity index (χ2n) is 4.54. The molecule has 1 atom stereocenters. The number of rotatable bonds is 4. The van der Waals surface area contributed by atoms with Crippen LogP contribution < -0.4 is 10.5 Å². The number of nitrogens with two attached hydrogens (primary N) is 1. The van der Waals surface area contributed by atoms with Crippen LogP contribution in [0.3, 0.4) is 0 Å². The van der Waals surface area contributed by atoms with Crippen LogP contribution in [-0.2, 0) is 6.42 Å². The van der Waals surface area contributed by atoms with Crippen molar-refractivity contribution in [1.82, 2.24) is 0 Å². The van der Waals surface area contributed by atoms with Gasteiger partial charge >= 0.3 is 0 Å². The lowest BCUT2D eigenvalue weighted by atomic mass is 10.1. The summed E-state index contributed by atoms with van der Waals surface area (Å²) >= 11 is 6.11. The number of hydrogen-bond acceptors (Lipinski definition) is 2. The molecule has 0 amide bonds. The van der Waals surface area contributed by atoms with Gasteiger partial charge in [0.1, 0.15) is 11.5 Å². The maximum Gasteiger partial charge on any atom is 0.132 e. The summed E-state index contributed by atoms with van der Waals surface area (Å²) in [5.41, 5.74) is 8.02. The third-order valence-corrected chi connectivity index (χ3v) is 3.40. The molecule has 2 N–H and O–H groups in total. The van der Waals surface area contributed by atoms with Crippen LogP contribution in [0.2, 0.25) is 5.02 Å². The summed E-state index contributed by atoms with van der Waals surface area (Å²) in [6.07, 6.45) is 0.880. The van der Waals surface area contributed by atoms with E-state index in [1.807, 2.05) is 49.4 Å². The lowest BCUT2D eigenvalue weighted by Crippen LogP contribution is -2.06. The Morgan fingerprint density at radius 2 is 1.95 bits per heavy atom. The largest absolute Gasteiger partial charge is 0.457 e. The molecule has 19 heavy (non-hydrogen) atoms. The highest BCUT2D eigenvalue weighted by Gasteiger charge is 2.09. The molecule has 0 aromatic heterocycles. The quantitative estimate of drug-likeness (QED) is 0.877. The minimum atomic E-state index is -0.0610. The van der Waals surface area contributed by atoms with Gasteiger partial charge in [0.2, 0.25) is 0 Å². The van der Waals surface area contributed by atoms with E-state index in [0.717, 1.165) is 34.1 Å². The normalized spacial score (nSPS) is 12.2. The summed E-state index contributed by atoms with van der Waals surface area (Å²) in [6, 6.07) is 13.5. The topological polar surface area (TPSA) is 35.2 Å². The summed E-state index contributed by atoms with van der Waals surface area (Å²) in [6.45, 7) is 4.02. The molecule has 3 heteroatoms. The van der Waals surface area contributed by atoms with E-state index in [9.17, 15) is 0 Å². The van der Waals surface area contributed by atoms with Crippen molar-refractivity contribution in [2.24, 2.45) is 5.73 Å². The van der Waals surface area contributed by atoms with Crippen molar-refractivity contribution >= 4 is 11.6 Å². The standard InChI is InChI=1S/C16H18ClNO/c1-3-12-10-13(8-9-15(12)17)19-16-7-5-4-6-14(16)11(2)18/h4-11H,3,18H2,1-2H3/t11-/m1/s1. The van der Waals surface area contributed by atoms with E-state index >= 15 is 0 Å². The van der Waals surface area contributed by atoms with E-state index < -0.39 is 0 Å². The van der Waals surface area contributed by atoms with Crippen LogP contribution in [0, 0.1) is 0 Å². The molecular weight excluding hydrogens is 258 g/mol. The van der Waals surface area contributed by atoms with Gasteiger partial charge in [-0.25, -0.2) is 0 Å². The lowest BCUT2D eigenvalue weighted by Gasteiger charge is -2.14. The lowest BCUT2D eigenvalue weighted by molar-refractivity contribution is 0.471. The van der Waals surface area contributed by atoms with Gasteiger partial charge in [-0.2, -0.15) is 0 Å². The molecular formula is C16H18ClNO. The van der Waals surface area contributed by atoms with Crippen molar-refractivity contribution in [3.63, 3.8) is 0 Å². The zero-order valence-electron chi connectivity index (χ0n) is 11.2. The molecule has 0 saturated carbocycles. The van der Waals surface area contributed by atoms with Crippen LogP contribution in [-0.4, -0.2) is 0 Å². The van der Waals surface area contributed by atoms with Crippen molar-refractivity contribution in [3.05, 3.63) is 58.6 Å². The second kappa shape index (κ2) is 6.09. The molecule has 0 spiro atoms. The minimum Gasteiger partial charge on any atom is -0.457 e. The van der Waals surface area contributed by atoms with Gasteiger partial charge in [0.25, 0.3) is 0 Å². The van der Waals surface area contributed by atoms with Gasteiger partial charge in [-0.15, -0.1) is 0 Å². The molecule has 0 unspecified atom stereocenters. The van der Waals surface area contributed by atoms with Gasteiger partial charge in [0.15, 0.2) is 0 Å². The second-order valence-corrected chi connectivity index (χ2v) is 4.94. The van der Waals surface area contributed by atoms with Crippen LogP contribution >= 0.6 is 11.6 Å². The first-order chi connectivity index (χ1) is 9.11. The first-order valence-corrected chi connectivity index (χ1v) is 6.80.